The van der Waals surface area contributed by atoms with Crippen molar-refractivity contribution in [2.24, 2.45) is 11.8 Å². The van der Waals surface area contributed by atoms with Gasteiger partial charge in [0.2, 0.25) is 0 Å². The summed E-state index contributed by atoms with van der Waals surface area (Å²) in [6, 6.07) is 0.778. The number of fused-ring (bicyclic) bond motifs is 3. The minimum atomic E-state index is -0.683. The van der Waals surface area contributed by atoms with Crippen LogP contribution in [0.2, 0.25) is 0 Å². The zero-order valence-electron chi connectivity index (χ0n) is 9.38. The molecule has 0 bridgehead atoms. The van der Waals surface area contributed by atoms with E-state index in [1.54, 1.807) is 0 Å². The highest BCUT2D eigenvalue weighted by atomic mass is 16.4. The molecular weight excluding hydrogens is 206 g/mol. The summed E-state index contributed by atoms with van der Waals surface area (Å²) in [5.41, 5.74) is 0. The van der Waals surface area contributed by atoms with Gasteiger partial charge in [0.15, 0.2) is 0 Å². The number of hydrogen-bond acceptors (Lipinski definition) is 3. The first kappa shape index (κ1) is 10.5. The lowest BCUT2D eigenvalue weighted by molar-refractivity contribution is -0.144. The standard InChI is InChI=1S/C12H19NO3/c14-11-8-6-7(12(15)16)3-4-9(8)13-5-1-2-10(11)13/h7-11,14H,1-6H2,(H,15,16)/t7-,8-,9+,10-,11+/m1/s1. The first-order valence-corrected chi connectivity index (χ1v) is 6.35. The third-order valence-electron chi connectivity index (χ3n) is 4.81. The Morgan fingerprint density at radius 1 is 1.19 bits per heavy atom. The Morgan fingerprint density at radius 2 is 2.00 bits per heavy atom. The van der Waals surface area contributed by atoms with E-state index < -0.39 is 5.97 Å². The minimum absolute atomic E-state index is 0.208. The highest BCUT2D eigenvalue weighted by Gasteiger charge is 2.52. The van der Waals surface area contributed by atoms with E-state index in [-0.39, 0.29) is 17.9 Å². The summed E-state index contributed by atoms with van der Waals surface area (Å²) in [7, 11) is 0. The summed E-state index contributed by atoms with van der Waals surface area (Å²) >= 11 is 0. The third kappa shape index (κ3) is 1.39. The number of aliphatic hydroxyl groups is 1. The summed E-state index contributed by atoms with van der Waals surface area (Å²) in [4.78, 5) is 13.4. The van der Waals surface area contributed by atoms with Crippen LogP contribution >= 0.6 is 0 Å². The molecule has 2 heterocycles. The fraction of sp³-hybridized carbons (Fsp3) is 0.917. The molecule has 1 saturated carbocycles. The molecule has 3 fully saturated rings. The van der Waals surface area contributed by atoms with Gasteiger partial charge in [-0.05, 0) is 38.6 Å². The van der Waals surface area contributed by atoms with Crippen molar-refractivity contribution in [2.75, 3.05) is 6.54 Å². The molecule has 0 aromatic heterocycles. The second-order valence-corrected chi connectivity index (χ2v) is 5.52. The smallest absolute Gasteiger partial charge is 0.306 e. The number of carboxylic acids is 1. The van der Waals surface area contributed by atoms with Crippen LogP contribution in [0.25, 0.3) is 0 Å². The van der Waals surface area contributed by atoms with Crippen molar-refractivity contribution in [2.45, 2.75) is 50.3 Å². The Bertz CT molecular complexity index is 307. The third-order valence-corrected chi connectivity index (χ3v) is 4.81. The SMILES string of the molecule is O=C(O)[C@@H]1CC[C@H]2[C@@H](C1)[C@H](O)[C@H]1CCCN12. The quantitative estimate of drug-likeness (QED) is 0.689. The molecule has 90 valence electrons. The van der Waals surface area contributed by atoms with Crippen molar-refractivity contribution in [3.05, 3.63) is 0 Å². The number of aliphatic carboxylic acids is 1. The Balaban J connectivity index is 1.77. The van der Waals surface area contributed by atoms with E-state index in [2.05, 4.69) is 4.90 Å². The summed E-state index contributed by atoms with van der Waals surface area (Å²) in [6.45, 7) is 1.10. The monoisotopic (exact) mass is 225 g/mol. The van der Waals surface area contributed by atoms with Crippen molar-refractivity contribution < 1.29 is 15.0 Å². The maximum absolute atomic E-state index is 11.0. The lowest BCUT2D eigenvalue weighted by atomic mass is 9.76. The average molecular weight is 225 g/mol. The van der Waals surface area contributed by atoms with Crippen LogP contribution < -0.4 is 0 Å². The number of nitrogens with zero attached hydrogens (tertiary/aromatic N) is 1. The Morgan fingerprint density at radius 3 is 2.75 bits per heavy atom. The topological polar surface area (TPSA) is 60.8 Å². The Labute approximate surface area is 95.2 Å². The van der Waals surface area contributed by atoms with Crippen LogP contribution in [0.1, 0.15) is 32.1 Å². The summed E-state index contributed by atoms with van der Waals surface area (Å²) in [5, 5.41) is 19.3. The fourth-order valence-electron chi connectivity index (χ4n) is 4.07. The first-order chi connectivity index (χ1) is 7.68. The van der Waals surface area contributed by atoms with E-state index in [1.807, 2.05) is 0 Å². The Kier molecular flexibility index (Phi) is 2.44. The molecule has 0 aromatic rings. The fourth-order valence-corrected chi connectivity index (χ4v) is 4.07. The molecule has 0 unspecified atom stereocenters. The van der Waals surface area contributed by atoms with E-state index in [0.29, 0.717) is 18.5 Å². The van der Waals surface area contributed by atoms with Gasteiger partial charge in [0.1, 0.15) is 0 Å². The van der Waals surface area contributed by atoms with Gasteiger partial charge in [0.05, 0.1) is 12.0 Å². The second-order valence-electron chi connectivity index (χ2n) is 5.52. The van der Waals surface area contributed by atoms with E-state index >= 15 is 0 Å². The zero-order valence-corrected chi connectivity index (χ0v) is 9.38. The molecule has 5 atom stereocenters. The predicted molar refractivity (Wildman–Crippen MR) is 58.0 cm³/mol. The van der Waals surface area contributed by atoms with Crippen LogP contribution in [0.5, 0.6) is 0 Å². The highest BCUT2D eigenvalue weighted by molar-refractivity contribution is 5.70. The second kappa shape index (κ2) is 3.70. The normalized spacial score (nSPS) is 47.7. The molecule has 4 heteroatoms. The molecule has 0 spiro atoms. The maximum atomic E-state index is 11.0. The molecule has 3 rings (SSSR count). The van der Waals surface area contributed by atoms with E-state index in [1.165, 1.54) is 6.42 Å². The number of hydrogen-bond donors (Lipinski definition) is 2. The predicted octanol–water partition coefficient (Wildman–Crippen LogP) is 0.695. The van der Waals surface area contributed by atoms with Gasteiger partial charge in [-0.15, -0.1) is 0 Å². The average Bonchev–Trinajstić information content (AvgIpc) is 2.83. The summed E-state index contributed by atoms with van der Waals surface area (Å²) in [5.74, 6) is -0.700. The van der Waals surface area contributed by atoms with Crippen LogP contribution in [-0.2, 0) is 4.79 Å². The van der Waals surface area contributed by atoms with Crippen molar-refractivity contribution in [3.8, 4) is 0 Å². The van der Waals surface area contributed by atoms with E-state index in [4.69, 9.17) is 5.11 Å². The van der Waals surface area contributed by atoms with Gasteiger partial charge in [0, 0.05) is 18.0 Å². The van der Waals surface area contributed by atoms with Crippen molar-refractivity contribution in [1.29, 1.82) is 0 Å². The molecule has 2 aliphatic heterocycles. The van der Waals surface area contributed by atoms with Gasteiger partial charge in [-0.3, -0.25) is 9.69 Å². The highest BCUT2D eigenvalue weighted by Crippen LogP contribution is 2.45. The molecule has 16 heavy (non-hydrogen) atoms. The number of carboxylic acid groups (broad SMARTS) is 1. The Hall–Kier alpha value is -0.610. The summed E-state index contributed by atoms with van der Waals surface area (Å²) in [6.07, 6.45) is 4.41. The summed E-state index contributed by atoms with van der Waals surface area (Å²) < 4.78 is 0. The molecule has 4 nitrogen and oxygen atoms in total. The number of carbonyl (C=O) groups is 1. The lowest BCUT2D eigenvalue weighted by Crippen LogP contribution is -2.39. The van der Waals surface area contributed by atoms with Crippen LogP contribution in [0.15, 0.2) is 0 Å². The van der Waals surface area contributed by atoms with Crippen LogP contribution in [0.3, 0.4) is 0 Å². The largest absolute Gasteiger partial charge is 0.481 e. The lowest BCUT2D eigenvalue weighted by Gasteiger charge is -2.33. The minimum Gasteiger partial charge on any atom is -0.481 e. The molecule has 0 radical (unpaired) electrons. The molecule has 3 aliphatic rings. The van der Waals surface area contributed by atoms with Crippen LogP contribution in [0, 0.1) is 11.8 Å². The molecule has 0 aromatic carbocycles. The van der Waals surface area contributed by atoms with Crippen molar-refractivity contribution in [1.82, 2.24) is 4.90 Å². The van der Waals surface area contributed by atoms with Gasteiger partial charge in [0.25, 0.3) is 0 Å². The molecule has 2 saturated heterocycles. The van der Waals surface area contributed by atoms with Gasteiger partial charge in [-0.25, -0.2) is 0 Å². The van der Waals surface area contributed by atoms with Gasteiger partial charge in [-0.1, -0.05) is 0 Å². The van der Waals surface area contributed by atoms with E-state index in [9.17, 15) is 9.90 Å². The molecule has 2 N–H and O–H groups in total. The van der Waals surface area contributed by atoms with Gasteiger partial charge >= 0.3 is 5.97 Å². The zero-order chi connectivity index (χ0) is 11.3. The molecule has 1 aliphatic carbocycles. The molecular formula is C12H19NO3. The van der Waals surface area contributed by atoms with Crippen molar-refractivity contribution >= 4 is 5.97 Å². The first-order valence-electron chi connectivity index (χ1n) is 6.35. The van der Waals surface area contributed by atoms with Gasteiger partial charge in [-0.2, -0.15) is 0 Å². The van der Waals surface area contributed by atoms with E-state index in [0.717, 1.165) is 25.8 Å². The van der Waals surface area contributed by atoms with Gasteiger partial charge < -0.3 is 10.2 Å². The van der Waals surface area contributed by atoms with Crippen LogP contribution in [0.4, 0.5) is 0 Å². The van der Waals surface area contributed by atoms with Crippen molar-refractivity contribution in [3.63, 3.8) is 0 Å². The van der Waals surface area contributed by atoms with Crippen LogP contribution in [-0.4, -0.2) is 45.8 Å². The number of aliphatic hydroxyl groups excluding tert-OH is 1. The maximum Gasteiger partial charge on any atom is 0.306 e. The molecule has 0 amide bonds. The number of rotatable bonds is 1.